The first-order chi connectivity index (χ1) is 9.69. The van der Waals surface area contributed by atoms with E-state index in [1.54, 1.807) is 6.07 Å². The molecule has 2 amide bonds. The highest BCUT2D eigenvalue weighted by Gasteiger charge is 2.29. The van der Waals surface area contributed by atoms with Gasteiger partial charge in [0.2, 0.25) is 11.8 Å². The lowest BCUT2D eigenvalue weighted by molar-refractivity contribution is -0.117. The number of nitrogens with two attached hydrogens (primary N) is 1. The minimum Gasteiger partial charge on any atom is -0.330 e. The van der Waals surface area contributed by atoms with Gasteiger partial charge < -0.3 is 16.4 Å². The fourth-order valence-corrected chi connectivity index (χ4v) is 1.92. The molecule has 108 valence electrons. The maximum atomic E-state index is 11.7. The molecular formula is C15H21N3O2. The third-order valence-corrected chi connectivity index (χ3v) is 3.22. The van der Waals surface area contributed by atoms with Crippen molar-refractivity contribution in [3.05, 3.63) is 24.3 Å². The van der Waals surface area contributed by atoms with Gasteiger partial charge in [0.25, 0.3) is 0 Å². The second-order valence-corrected chi connectivity index (χ2v) is 5.14. The molecule has 2 rings (SSSR count). The Bertz CT molecular complexity index is 484. The number of rotatable bonds is 7. The Morgan fingerprint density at radius 1 is 1.15 bits per heavy atom. The van der Waals surface area contributed by atoms with Gasteiger partial charge in [-0.15, -0.1) is 0 Å². The standard InChI is InChI=1S/C15H21N3O2/c16-9-2-1-6-14(19)17-12-4-3-5-13(10-12)18-15(20)11-7-8-11/h3-5,10-11H,1-2,6-9,16H2,(H,17,19)(H,18,20). The number of amides is 2. The molecule has 0 bridgehead atoms. The lowest BCUT2D eigenvalue weighted by Gasteiger charge is -2.08. The van der Waals surface area contributed by atoms with Crippen LogP contribution in [-0.2, 0) is 9.59 Å². The maximum absolute atomic E-state index is 11.7. The summed E-state index contributed by atoms with van der Waals surface area (Å²) >= 11 is 0. The van der Waals surface area contributed by atoms with Gasteiger partial charge in [-0.3, -0.25) is 9.59 Å². The molecule has 1 aliphatic rings. The van der Waals surface area contributed by atoms with Crippen molar-refractivity contribution < 1.29 is 9.59 Å². The molecule has 1 aromatic carbocycles. The Kier molecular flexibility index (Phi) is 5.12. The van der Waals surface area contributed by atoms with E-state index >= 15 is 0 Å². The fourth-order valence-electron chi connectivity index (χ4n) is 1.92. The summed E-state index contributed by atoms with van der Waals surface area (Å²) in [7, 11) is 0. The summed E-state index contributed by atoms with van der Waals surface area (Å²) < 4.78 is 0. The second-order valence-electron chi connectivity index (χ2n) is 5.14. The molecule has 0 spiro atoms. The summed E-state index contributed by atoms with van der Waals surface area (Å²) in [5.41, 5.74) is 6.82. The smallest absolute Gasteiger partial charge is 0.227 e. The van der Waals surface area contributed by atoms with Gasteiger partial charge in [-0.2, -0.15) is 0 Å². The third kappa shape index (κ3) is 4.66. The van der Waals surface area contributed by atoms with Gasteiger partial charge in [0.15, 0.2) is 0 Å². The van der Waals surface area contributed by atoms with E-state index in [9.17, 15) is 9.59 Å². The summed E-state index contributed by atoms with van der Waals surface area (Å²) in [4.78, 5) is 23.4. The molecule has 0 heterocycles. The van der Waals surface area contributed by atoms with Gasteiger partial charge in [0.05, 0.1) is 0 Å². The van der Waals surface area contributed by atoms with Gasteiger partial charge in [0, 0.05) is 23.7 Å². The van der Waals surface area contributed by atoms with Crippen molar-refractivity contribution in [1.82, 2.24) is 0 Å². The number of hydrogen-bond donors (Lipinski definition) is 3. The van der Waals surface area contributed by atoms with Crippen LogP contribution >= 0.6 is 0 Å². The average molecular weight is 275 g/mol. The van der Waals surface area contributed by atoms with Crippen LogP contribution in [0.3, 0.4) is 0 Å². The molecule has 5 heteroatoms. The number of benzene rings is 1. The van der Waals surface area contributed by atoms with Gasteiger partial charge in [-0.05, 0) is 50.4 Å². The molecule has 1 fully saturated rings. The van der Waals surface area contributed by atoms with Crippen molar-refractivity contribution in [2.75, 3.05) is 17.2 Å². The van der Waals surface area contributed by atoms with E-state index in [1.165, 1.54) is 0 Å². The van der Waals surface area contributed by atoms with E-state index in [-0.39, 0.29) is 17.7 Å². The highest BCUT2D eigenvalue weighted by atomic mass is 16.2. The normalized spacial score (nSPS) is 13.8. The number of carbonyl (C=O) groups is 2. The number of anilines is 2. The molecule has 1 aromatic rings. The molecule has 0 unspecified atom stereocenters. The number of carbonyl (C=O) groups excluding carboxylic acids is 2. The molecule has 0 radical (unpaired) electrons. The Morgan fingerprint density at radius 3 is 2.50 bits per heavy atom. The summed E-state index contributed by atoms with van der Waals surface area (Å²) in [6, 6.07) is 7.23. The predicted octanol–water partition coefficient (Wildman–Crippen LogP) is 2.10. The topological polar surface area (TPSA) is 84.2 Å². The lowest BCUT2D eigenvalue weighted by Crippen LogP contribution is -2.14. The Hall–Kier alpha value is -1.88. The molecule has 1 saturated carbocycles. The van der Waals surface area contributed by atoms with Crippen LogP contribution in [-0.4, -0.2) is 18.4 Å². The van der Waals surface area contributed by atoms with Crippen molar-refractivity contribution in [3.8, 4) is 0 Å². The molecule has 5 nitrogen and oxygen atoms in total. The predicted molar refractivity (Wildman–Crippen MR) is 79.3 cm³/mol. The molecule has 0 aliphatic heterocycles. The first-order valence-corrected chi connectivity index (χ1v) is 7.10. The Labute approximate surface area is 118 Å². The average Bonchev–Trinajstić information content (AvgIpc) is 3.23. The zero-order chi connectivity index (χ0) is 14.4. The van der Waals surface area contributed by atoms with E-state index in [0.717, 1.165) is 31.4 Å². The van der Waals surface area contributed by atoms with Crippen molar-refractivity contribution in [1.29, 1.82) is 0 Å². The molecule has 20 heavy (non-hydrogen) atoms. The van der Waals surface area contributed by atoms with Crippen molar-refractivity contribution in [2.45, 2.75) is 32.1 Å². The summed E-state index contributed by atoms with van der Waals surface area (Å²) in [6.07, 6.45) is 4.06. The summed E-state index contributed by atoms with van der Waals surface area (Å²) in [6.45, 7) is 0.607. The van der Waals surface area contributed by atoms with Gasteiger partial charge in [-0.1, -0.05) is 6.07 Å². The number of unbranched alkanes of at least 4 members (excludes halogenated alkanes) is 1. The number of hydrogen-bond acceptors (Lipinski definition) is 3. The van der Waals surface area contributed by atoms with Crippen molar-refractivity contribution >= 4 is 23.2 Å². The van der Waals surface area contributed by atoms with Crippen LogP contribution in [0.5, 0.6) is 0 Å². The van der Waals surface area contributed by atoms with Gasteiger partial charge >= 0.3 is 0 Å². The third-order valence-electron chi connectivity index (χ3n) is 3.22. The molecule has 4 N–H and O–H groups in total. The van der Waals surface area contributed by atoms with E-state index in [2.05, 4.69) is 10.6 Å². The van der Waals surface area contributed by atoms with Gasteiger partial charge in [0.1, 0.15) is 0 Å². The number of nitrogens with one attached hydrogen (secondary N) is 2. The maximum Gasteiger partial charge on any atom is 0.227 e. The molecular weight excluding hydrogens is 254 g/mol. The van der Waals surface area contributed by atoms with E-state index in [1.807, 2.05) is 18.2 Å². The first-order valence-electron chi connectivity index (χ1n) is 7.10. The minimum atomic E-state index is -0.0240. The lowest BCUT2D eigenvalue weighted by atomic mass is 10.2. The van der Waals surface area contributed by atoms with Crippen LogP contribution in [0.1, 0.15) is 32.1 Å². The zero-order valence-corrected chi connectivity index (χ0v) is 11.5. The first kappa shape index (κ1) is 14.5. The van der Waals surface area contributed by atoms with E-state index in [4.69, 9.17) is 5.73 Å². The van der Waals surface area contributed by atoms with E-state index < -0.39 is 0 Å². The van der Waals surface area contributed by atoms with Crippen molar-refractivity contribution in [3.63, 3.8) is 0 Å². The van der Waals surface area contributed by atoms with Crippen LogP contribution in [0.2, 0.25) is 0 Å². The molecule has 1 aliphatic carbocycles. The Balaban J connectivity index is 1.85. The summed E-state index contributed by atoms with van der Waals surface area (Å²) in [5.74, 6) is 0.213. The van der Waals surface area contributed by atoms with Crippen LogP contribution < -0.4 is 16.4 Å². The summed E-state index contributed by atoms with van der Waals surface area (Å²) in [5, 5.41) is 5.69. The fraction of sp³-hybridized carbons (Fsp3) is 0.467. The van der Waals surface area contributed by atoms with Crippen molar-refractivity contribution in [2.24, 2.45) is 11.7 Å². The zero-order valence-electron chi connectivity index (χ0n) is 11.5. The molecule has 0 saturated heterocycles. The highest BCUT2D eigenvalue weighted by Crippen LogP contribution is 2.30. The molecule has 0 atom stereocenters. The van der Waals surface area contributed by atoms with Crippen LogP contribution in [0.25, 0.3) is 0 Å². The minimum absolute atomic E-state index is 0.0240. The molecule has 0 aromatic heterocycles. The van der Waals surface area contributed by atoms with Crippen LogP contribution in [0.15, 0.2) is 24.3 Å². The van der Waals surface area contributed by atoms with E-state index in [0.29, 0.717) is 18.7 Å². The Morgan fingerprint density at radius 2 is 1.85 bits per heavy atom. The monoisotopic (exact) mass is 275 g/mol. The SMILES string of the molecule is NCCCCC(=O)Nc1cccc(NC(=O)C2CC2)c1. The highest BCUT2D eigenvalue weighted by molar-refractivity contribution is 5.95. The quantitative estimate of drug-likeness (QED) is 0.666. The van der Waals surface area contributed by atoms with Crippen LogP contribution in [0, 0.1) is 5.92 Å². The largest absolute Gasteiger partial charge is 0.330 e. The van der Waals surface area contributed by atoms with Crippen LogP contribution in [0.4, 0.5) is 11.4 Å². The van der Waals surface area contributed by atoms with Gasteiger partial charge in [-0.25, -0.2) is 0 Å². The second kappa shape index (κ2) is 7.05.